The standard InChI is InChI=1S/C17H14Cl2FN3O2/c1-8-4-11(18)15(12(19)5-8)17(25)22-9-2-3-21-14(6-9)23-16(24)10-7-13(10)20/h2-6,10,13H,7H2,1H3,(H2,21,22,23,24,25)/t10-,13+/m0/s1. The maximum absolute atomic E-state index is 12.9. The summed E-state index contributed by atoms with van der Waals surface area (Å²) < 4.78 is 12.9. The fraction of sp³-hybridized carbons (Fsp3) is 0.235. The second-order valence-corrected chi connectivity index (χ2v) is 6.65. The number of anilines is 2. The predicted molar refractivity (Wildman–Crippen MR) is 95.0 cm³/mol. The number of aryl methyl sites for hydroxylation is 1. The number of amides is 2. The predicted octanol–water partition coefficient (Wildman–Crippen LogP) is 4.25. The number of rotatable bonds is 4. The first-order valence-corrected chi connectivity index (χ1v) is 8.28. The molecular weight excluding hydrogens is 368 g/mol. The summed E-state index contributed by atoms with van der Waals surface area (Å²) in [4.78, 5) is 28.2. The largest absolute Gasteiger partial charge is 0.322 e. The van der Waals surface area contributed by atoms with E-state index in [0.29, 0.717) is 5.69 Å². The number of nitrogens with one attached hydrogen (secondary N) is 2. The highest BCUT2D eigenvalue weighted by atomic mass is 35.5. The Balaban J connectivity index is 1.74. The number of aromatic nitrogens is 1. The van der Waals surface area contributed by atoms with Crippen molar-refractivity contribution in [2.24, 2.45) is 5.92 Å². The molecule has 1 aromatic carbocycles. The van der Waals surface area contributed by atoms with E-state index in [-0.39, 0.29) is 27.8 Å². The summed E-state index contributed by atoms with van der Waals surface area (Å²) in [6.45, 7) is 1.82. The minimum atomic E-state index is -1.09. The summed E-state index contributed by atoms with van der Waals surface area (Å²) in [6.07, 6.45) is 0.560. The summed E-state index contributed by atoms with van der Waals surface area (Å²) in [5.74, 6) is -1.30. The molecule has 3 rings (SSSR count). The minimum absolute atomic E-state index is 0.162. The maximum atomic E-state index is 12.9. The third kappa shape index (κ3) is 4.08. The Bertz CT molecular complexity index is 837. The lowest BCUT2D eigenvalue weighted by molar-refractivity contribution is -0.117. The number of halogens is 3. The van der Waals surface area contributed by atoms with E-state index >= 15 is 0 Å². The molecular formula is C17H14Cl2FN3O2. The molecule has 2 N–H and O–H groups in total. The zero-order valence-electron chi connectivity index (χ0n) is 13.1. The van der Waals surface area contributed by atoms with Crippen LogP contribution in [-0.4, -0.2) is 23.0 Å². The van der Waals surface area contributed by atoms with E-state index in [2.05, 4.69) is 15.6 Å². The van der Waals surface area contributed by atoms with Crippen LogP contribution >= 0.6 is 23.2 Å². The third-order valence-electron chi connectivity index (χ3n) is 3.73. The minimum Gasteiger partial charge on any atom is -0.322 e. The van der Waals surface area contributed by atoms with E-state index in [1.807, 2.05) is 6.92 Å². The van der Waals surface area contributed by atoms with Crippen molar-refractivity contribution < 1.29 is 14.0 Å². The van der Waals surface area contributed by atoms with Gasteiger partial charge in [0.05, 0.1) is 21.5 Å². The van der Waals surface area contributed by atoms with Gasteiger partial charge in [0.25, 0.3) is 5.91 Å². The van der Waals surface area contributed by atoms with E-state index in [4.69, 9.17) is 23.2 Å². The fourth-order valence-corrected chi connectivity index (χ4v) is 3.11. The van der Waals surface area contributed by atoms with Gasteiger partial charge in [-0.3, -0.25) is 9.59 Å². The van der Waals surface area contributed by atoms with Gasteiger partial charge in [0, 0.05) is 18.0 Å². The van der Waals surface area contributed by atoms with Crippen LogP contribution in [0.3, 0.4) is 0 Å². The van der Waals surface area contributed by atoms with Gasteiger partial charge in [0.15, 0.2) is 0 Å². The van der Waals surface area contributed by atoms with Crippen LogP contribution in [0.25, 0.3) is 0 Å². The average molecular weight is 382 g/mol. The number of benzene rings is 1. The van der Waals surface area contributed by atoms with Crippen LogP contribution in [0, 0.1) is 12.8 Å². The highest BCUT2D eigenvalue weighted by Crippen LogP contribution is 2.34. The number of carbonyl (C=O) groups excluding carboxylic acids is 2. The molecule has 0 spiro atoms. The molecule has 0 saturated heterocycles. The Morgan fingerprint density at radius 1 is 1.20 bits per heavy atom. The average Bonchev–Trinajstić information content (AvgIpc) is 3.23. The molecule has 1 fully saturated rings. The lowest BCUT2D eigenvalue weighted by atomic mass is 10.1. The molecule has 0 radical (unpaired) electrons. The summed E-state index contributed by atoms with van der Waals surface area (Å²) in [6, 6.07) is 6.31. The molecule has 1 heterocycles. The molecule has 2 aromatic rings. The highest BCUT2D eigenvalue weighted by molar-refractivity contribution is 6.40. The molecule has 1 aliphatic carbocycles. The first-order valence-electron chi connectivity index (χ1n) is 7.53. The van der Waals surface area contributed by atoms with Gasteiger partial charge in [-0.25, -0.2) is 9.37 Å². The Hall–Kier alpha value is -2.18. The van der Waals surface area contributed by atoms with Crippen molar-refractivity contribution in [2.45, 2.75) is 19.5 Å². The molecule has 0 bridgehead atoms. The van der Waals surface area contributed by atoms with E-state index in [1.54, 1.807) is 18.2 Å². The smallest absolute Gasteiger partial charge is 0.258 e. The Labute approximate surface area is 153 Å². The molecule has 2 atom stereocenters. The molecule has 2 amide bonds. The van der Waals surface area contributed by atoms with Gasteiger partial charge in [0.2, 0.25) is 5.91 Å². The summed E-state index contributed by atoms with van der Waals surface area (Å²) >= 11 is 12.2. The van der Waals surface area contributed by atoms with Crippen LogP contribution in [-0.2, 0) is 4.79 Å². The summed E-state index contributed by atoms with van der Waals surface area (Å²) in [5, 5.41) is 5.66. The molecule has 130 valence electrons. The van der Waals surface area contributed by atoms with Crippen LogP contribution in [0.15, 0.2) is 30.5 Å². The number of hydrogen-bond donors (Lipinski definition) is 2. The van der Waals surface area contributed by atoms with Crippen LogP contribution in [0.4, 0.5) is 15.9 Å². The Kier molecular flexibility index (Phi) is 4.92. The Morgan fingerprint density at radius 2 is 1.84 bits per heavy atom. The van der Waals surface area contributed by atoms with Crippen LogP contribution < -0.4 is 10.6 Å². The quantitative estimate of drug-likeness (QED) is 0.831. The number of nitrogens with zero attached hydrogens (tertiary/aromatic N) is 1. The van der Waals surface area contributed by atoms with Gasteiger partial charge in [-0.15, -0.1) is 0 Å². The fourth-order valence-electron chi connectivity index (χ4n) is 2.34. The van der Waals surface area contributed by atoms with Crippen molar-refractivity contribution in [3.05, 3.63) is 51.6 Å². The lowest BCUT2D eigenvalue weighted by Crippen LogP contribution is -2.17. The lowest BCUT2D eigenvalue weighted by Gasteiger charge is -2.10. The van der Waals surface area contributed by atoms with Gasteiger partial charge >= 0.3 is 0 Å². The van der Waals surface area contributed by atoms with E-state index in [9.17, 15) is 14.0 Å². The van der Waals surface area contributed by atoms with Gasteiger partial charge in [-0.1, -0.05) is 23.2 Å². The van der Waals surface area contributed by atoms with Crippen LogP contribution in [0.5, 0.6) is 0 Å². The van der Waals surface area contributed by atoms with E-state index in [1.165, 1.54) is 12.3 Å². The molecule has 1 aromatic heterocycles. The van der Waals surface area contributed by atoms with Gasteiger partial charge in [0.1, 0.15) is 12.0 Å². The first kappa shape index (κ1) is 17.6. The van der Waals surface area contributed by atoms with Crippen molar-refractivity contribution in [2.75, 3.05) is 10.6 Å². The first-order chi connectivity index (χ1) is 11.8. The van der Waals surface area contributed by atoms with Crippen molar-refractivity contribution in [3.8, 4) is 0 Å². The number of pyridine rings is 1. The molecule has 8 heteroatoms. The third-order valence-corrected chi connectivity index (χ3v) is 4.33. The van der Waals surface area contributed by atoms with Crippen molar-refractivity contribution >= 4 is 46.5 Å². The van der Waals surface area contributed by atoms with Crippen LogP contribution in [0.1, 0.15) is 22.3 Å². The number of alkyl halides is 1. The number of carbonyl (C=O) groups is 2. The molecule has 5 nitrogen and oxygen atoms in total. The monoisotopic (exact) mass is 381 g/mol. The molecule has 0 unspecified atom stereocenters. The van der Waals surface area contributed by atoms with E-state index < -0.39 is 23.9 Å². The van der Waals surface area contributed by atoms with Crippen molar-refractivity contribution in [1.29, 1.82) is 0 Å². The normalized spacial score (nSPS) is 18.6. The second kappa shape index (κ2) is 6.98. The van der Waals surface area contributed by atoms with Crippen molar-refractivity contribution in [1.82, 2.24) is 4.98 Å². The molecule has 0 aliphatic heterocycles. The SMILES string of the molecule is Cc1cc(Cl)c(C(=O)Nc2ccnc(NC(=O)[C@H]3C[C@H]3F)c2)c(Cl)c1. The van der Waals surface area contributed by atoms with Crippen LogP contribution in [0.2, 0.25) is 10.0 Å². The zero-order chi connectivity index (χ0) is 18.1. The second-order valence-electron chi connectivity index (χ2n) is 5.83. The molecule has 1 aliphatic rings. The maximum Gasteiger partial charge on any atom is 0.258 e. The van der Waals surface area contributed by atoms with Gasteiger partial charge in [-0.2, -0.15) is 0 Å². The zero-order valence-corrected chi connectivity index (χ0v) is 14.7. The topological polar surface area (TPSA) is 71.1 Å². The molecule has 1 saturated carbocycles. The number of hydrogen-bond acceptors (Lipinski definition) is 3. The molecule has 25 heavy (non-hydrogen) atoms. The summed E-state index contributed by atoms with van der Waals surface area (Å²) in [5.41, 5.74) is 1.40. The Morgan fingerprint density at radius 3 is 2.44 bits per heavy atom. The van der Waals surface area contributed by atoms with E-state index in [0.717, 1.165) is 5.56 Å². The van der Waals surface area contributed by atoms with Gasteiger partial charge in [-0.05, 0) is 37.1 Å². The summed E-state index contributed by atoms with van der Waals surface area (Å²) in [7, 11) is 0. The highest BCUT2D eigenvalue weighted by Gasteiger charge is 2.43. The van der Waals surface area contributed by atoms with Crippen molar-refractivity contribution in [3.63, 3.8) is 0 Å². The van der Waals surface area contributed by atoms with Gasteiger partial charge < -0.3 is 10.6 Å².